The maximum atomic E-state index is 14.8. The first-order valence-electron chi connectivity index (χ1n) is 24.1. The van der Waals surface area contributed by atoms with Crippen LogP contribution in [0.1, 0.15) is 67.6 Å². The molecule has 0 bridgehead atoms. The highest BCUT2D eigenvalue weighted by Crippen LogP contribution is 2.62. The van der Waals surface area contributed by atoms with E-state index >= 15 is 0 Å². The Morgan fingerprint density at radius 1 is 0.841 bits per heavy atom. The van der Waals surface area contributed by atoms with Crippen LogP contribution in [0, 0.1) is 23.6 Å². The number of fused-ring (bicyclic) bond motifs is 2. The lowest BCUT2D eigenvalue weighted by Crippen LogP contribution is -2.70. The van der Waals surface area contributed by atoms with Crippen LogP contribution < -0.4 is 9.47 Å². The van der Waals surface area contributed by atoms with Gasteiger partial charge in [-0.1, -0.05) is 115 Å². The van der Waals surface area contributed by atoms with Crippen molar-refractivity contribution in [3.8, 4) is 28.4 Å². The lowest BCUT2D eigenvalue weighted by Gasteiger charge is -2.59. The van der Waals surface area contributed by atoms with E-state index < -0.39 is 29.7 Å². The zero-order valence-electron chi connectivity index (χ0n) is 39.3. The molecule has 2 N–H and O–H groups in total. The number of hydrogen-bond acceptors (Lipinski definition) is 10. The van der Waals surface area contributed by atoms with E-state index in [-0.39, 0.29) is 63.8 Å². The number of benzene rings is 5. The Balaban J connectivity index is 1.23. The van der Waals surface area contributed by atoms with Gasteiger partial charge >= 0.3 is 6.09 Å². The van der Waals surface area contributed by atoms with Gasteiger partial charge in [0.15, 0.2) is 0 Å². The number of aliphatic hydroxyl groups excluding tert-OH is 2. The van der Waals surface area contributed by atoms with E-state index in [9.17, 15) is 19.4 Å². The summed E-state index contributed by atoms with van der Waals surface area (Å²) in [7, 11) is 1.51. The fourth-order valence-electron chi connectivity index (χ4n) is 10.4. The third-order valence-corrected chi connectivity index (χ3v) is 13.5. The largest absolute Gasteiger partial charge is 0.459 e. The molecule has 0 aromatic heterocycles. The van der Waals surface area contributed by atoms with Gasteiger partial charge in [0.25, 0.3) is 0 Å². The summed E-state index contributed by atoms with van der Waals surface area (Å²) in [5.74, 6) is -0.843. The normalized spacial score (nSPS) is 21.8. The van der Waals surface area contributed by atoms with Gasteiger partial charge in [0.1, 0.15) is 42.8 Å². The molecule has 5 aromatic rings. The number of ether oxygens (including phenoxy) is 5. The lowest BCUT2D eigenvalue weighted by molar-refractivity contribution is -0.256. The smallest absolute Gasteiger partial charge is 0.410 e. The van der Waals surface area contributed by atoms with Gasteiger partial charge in [-0.15, -0.1) is 6.58 Å². The van der Waals surface area contributed by atoms with Crippen molar-refractivity contribution in [1.82, 2.24) is 4.90 Å². The number of unbranched alkanes of at least 4 members (excludes halogenated alkanes) is 2. The molecule has 1 fully saturated rings. The molecule has 0 radical (unpaired) electrons. The zero-order valence-corrected chi connectivity index (χ0v) is 39.3. The molecule has 6 atom stereocenters. The average Bonchev–Trinajstić information content (AvgIpc) is 3.38. The monoisotopic (exact) mass is 938 g/mol. The molecule has 1 amide bonds. The summed E-state index contributed by atoms with van der Waals surface area (Å²) < 4.78 is 47.5. The number of aliphatic hydroxyl groups is 2. The second-order valence-electron chi connectivity index (χ2n) is 17.9. The molecule has 3 aliphatic rings. The van der Waals surface area contributed by atoms with Gasteiger partial charge in [0.05, 0.1) is 31.5 Å². The first-order chi connectivity index (χ1) is 33.8. The van der Waals surface area contributed by atoms with Crippen molar-refractivity contribution in [2.24, 2.45) is 22.9 Å². The van der Waals surface area contributed by atoms with Crippen molar-refractivity contribution < 1.29 is 47.9 Å². The van der Waals surface area contributed by atoms with Gasteiger partial charge < -0.3 is 38.7 Å². The van der Waals surface area contributed by atoms with E-state index in [1.54, 1.807) is 23.1 Å². The van der Waals surface area contributed by atoms with E-state index in [4.69, 9.17) is 33.7 Å². The number of carbonyl (C=O) groups excluding carboxylic acids is 1. The number of oxime groups is 1. The number of nitrogens with zero attached hydrogens (tertiary/aromatic N) is 2. The van der Waals surface area contributed by atoms with Gasteiger partial charge in [0, 0.05) is 37.7 Å². The third-order valence-electron chi connectivity index (χ3n) is 13.5. The van der Waals surface area contributed by atoms with E-state index in [1.165, 1.54) is 19.2 Å². The van der Waals surface area contributed by atoms with E-state index in [1.807, 2.05) is 84.9 Å². The summed E-state index contributed by atoms with van der Waals surface area (Å²) in [5.41, 5.74) is 6.30. The maximum Gasteiger partial charge on any atom is 0.410 e. The molecule has 0 saturated heterocycles. The molecule has 5 aromatic carbocycles. The van der Waals surface area contributed by atoms with Crippen molar-refractivity contribution in [3.63, 3.8) is 0 Å². The SMILES string of the molecule is C=CCO[C@@]12Oc3ccc(Oc4ccc(-c5ccccc5)cc4)cc3[C@H]3[C@H](CCCCO)[C@@H](CCCCO)C=C(C(=NOC)C[C@@H]1N(Cc1ccc(F)cc1)C(=O)OCCOCc1ccccc1)[C@H]32. The lowest BCUT2D eigenvalue weighted by atomic mass is 9.55. The summed E-state index contributed by atoms with van der Waals surface area (Å²) in [5, 5.41) is 24.7. The summed E-state index contributed by atoms with van der Waals surface area (Å²) in [4.78, 5) is 22.1. The van der Waals surface area contributed by atoms with E-state index in [0.717, 1.165) is 53.5 Å². The maximum absolute atomic E-state index is 14.8. The molecule has 0 unspecified atom stereocenters. The molecule has 11 nitrogen and oxygen atoms in total. The molecule has 2 aliphatic carbocycles. The summed E-state index contributed by atoms with van der Waals surface area (Å²) in [6.07, 6.45) is 7.91. The Hall–Kier alpha value is -6.31. The predicted octanol–water partition coefficient (Wildman–Crippen LogP) is 11.4. The van der Waals surface area contributed by atoms with Crippen LogP contribution in [-0.2, 0) is 32.2 Å². The highest BCUT2D eigenvalue weighted by Gasteiger charge is 2.65. The molecule has 1 heterocycles. The predicted molar refractivity (Wildman–Crippen MR) is 263 cm³/mol. The summed E-state index contributed by atoms with van der Waals surface area (Å²) >= 11 is 0. The molecule has 362 valence electrons. The number of amides is 1. The topological polar surface area (TPSA) is 129 Å². The van der Waals surface area contributed by atoms with Crippen LogP contribution in [0.15, 0.2) is 157 Å². The highest BCUT2D eigenvalue weighted by molar-refractivity contribution is 6.03. The first-order valence-corrected chi connectivity index (χ1v) is 24.1. The Morgan fingerprint density at radius 3 is 2.25 bits per heavy atom. The summed E-state index contributed by atoms with van der Waals surface area (Å²) in [6.45, 7) is 4.78. The second-order valence-corrected chi connectivity index (χ2v) is 17.9. The first kappa shape index (κ1) is 49.1. The minimum atomic E-state index is -1.53. The zero-order chi connectivity index (χ0) is 48.0. The van der Waals surface area contributed by atoms with Crippen molar-refractivity contribution in [3.05, 3.63) is 174 Å². The van der Waals surface area contributed by atoms with Gasteiger partial charge in [-0.25, -0.2) is 9.18 Å². The molecule has 1 aliphatic heterocycles. The standard InChI is InChI=1S/C57H63FN2O9/c1-3-32-67-57-53(60(38-40-20-24-45(58)25-21-40)56(63)66-34-33-65-39-41-14-6-4-7-15-41)37-51(59-64-2)49-35-44(18-10-12-30-61)48(19-11-13-31-62)54(55(49)57)50-36-47(28-29-52(50)69-57)68-46-26-22-43(23-27-46)42-16-8-5-9-17-42/h3-9,14-17,20-29,35-36,44,48,53-55,61-62H,1,10-13,18-19,30-34,37-39H2,2H3/t44-,48+,53-,54+,55+,57+/m0/s1. The van der Waals surface area contributed by atoms with Crippen LogP contribution in [-0.4, -0.2) is 78.9 Å². The van der Waals surface area contributed by atoms with Gasteiger partial charge in [-0.2, -0.15) is 0 Å². The molecule has 0 spiro atoms. The number of rotatable bonds is 23. The van der Waals surface area contributed by atoms with Crippen LogP contribution >= 0.6 is 0 Å². The molecule has 1 saturated carbocycles. The second kappa shape index (κ2) is 23.8. The quantitative estimate of drug-likeness (QED) is 0.0374. The van der Waals surface area contributed by atoms with Gasteiger partial charge in [-0.3, -0.25) is 4.90 Å². The molecule has 12 heteroatoms. The van der Waals surface area contributed by atoms with Crippen molar-refractivity contribution in [2.75, 3.05) is 40.1 Å². The molecule has 8 rings (SSSR count). The Morgan fingerprint density at radius 2 is 1.54 bits per heavy atom. The number of hydrogen-bond donors (Lipinski definition) is 2. The van der Waals surface area contributed by atoms with Crippen LogP contribution in [0.3, 0.4) is 0 Å². The van der Waals surface area contributed by atoms with Crippen LogP contribution in [0.5, 0.6) is 17.2 Å². The Bertz CT molecular complexity index is 2500. The van der Waals surface area contributed by atoms with Crippen molar-refractivity contribution >= 4 is 11.8 Å². The molecular weight excluding hydrogens is 876 g/mol. The van der Waals surface area contributed by atoms with Crippen molar-refractivity contribution in [1.29, 1.82) is 0 Å². The summed E-state index contributed by atoms with van der Waals surface area (Å²) in [6, 6.07) is 39.0. The number of allylic oxidation sites excluding steroid dienone is 1. The Kier molecular flexibility index (Phi) is 17.0. The molecular formula is C57H63FN2O9. The highest BCUT2D eigenvalue weighted by atomic mass is 19.1. The van der Waals surface area contributed by atoms with Crippen LogP contribution in [0.25, 0.3) is 11.1 Å². The van der Waals surface area contributed by atoms with Crippen LogP contribution in [0.4, 0.5) is 9.18 Å². The number of halogens is 1. The third kappa shape index (κ3) is 11.6. The fraction of sp³-hybridized carbons (Fsp3) is 0.368. The van der Waals surface area contributed by atoms with E-state index in [0.29, 0.717) is 48.0 Å². The van der Waals surface area contributed by atoms with Crippen molar-refractivity contribution in [2.45, 2.75) is 75.8 Å². The van der Waals surface area contributed by atoms with E-state index in [2.05, 4.69) is 30.9 Å². The van der Waals surface area contributed by atoms with Crippen LogP contribution in [0.2, 0.25) is 0 Å². The number of carbonyl (C=O) groups is 1. The molecule has 69 heavy (non-hydrogen) atoms. The minimum absolute atomic E-state index is 0.000521. The van der Waals surface area contributed by atoms with Gasteiger partial charge in [-0.05, 0) is 108 Å². The fourth-order valence-corrected chi connectivity index (χ4v) is 10.4. The average molecular weight is 939 g/mol. The van der Waals surface area contributed by atoms with Gasteiger partial charge in [0.2, 0.25) is 5.79 Å². The minimum Gasteiger partial charge on any atom is -0.459 e. The Labute approximate surface area is 404 Å².